The van der Waals surface area contributed by atoms with Gasteiger partial charge in [0.2, 0.25) is 10.0 Å². The summed E-state index contributed by atoms with van der Waals surface area (Å²) in [6, 6.07) is 4.16. The molecule has 1 aliphatic rings. The highest BCUT2D eigenvalue weighted by molar-refractivity contribution is 7.89. The second kappa shape index (κ2) is 6.13. The lowest BCUT2D eigenvalue weighted by molar-refractivity contribution is 0.0571. The molecule has 1 atom stereocenters. The van der Waals surface area contributed by atoms with Gasteiger partial charge in [-0.15, -0.1) is 0 Å². The zero-order chi connectivity index (χ0) is 15.6. The molecule has 21 heavy (non-hydrogen) atoms. The molecule has 1 aromatic carbocycles. The maximum Gasteiger partial charge on any atom is 0.335 e. The molecule has 1 aliphatic heterocycles. The Morgan fingerprint density at radius 3 is 2.76 bits per heavy atom. The number of aromatic carboxylic acids is 1. The van der Waals surface area contributed by atoms with E-state index in [4.69, 9.17) is 9.84 Å². The maximum absolute atomic E-state index is 12.7. The number of ether oxygens (including phenoxy) is 1. The number of methoxy groups -OCH3 is 1. The molecule has 6 nitrogen and oxygen atoms in total. The van der Waals surface area contributed by atoms with Crippen molar-refractivity contribution in [1.82, 2.24) is 4.31 Å². The average molecular weight is 313 g/mol. The summed E-state index contributed by atoms with van der Waals surface area (Å²) in [5.41, 5.74) is 0.513. The van der Waals surface area contributed by atoms with E-state index < -0.39 is 16.0 Å². The fourth-order valence-electron chi connectivity index (χ4n) is 2.47. The van der Waals surface area contributed by atoms with Gasteiger partial charge in [0.25, 0.3) is 0 Å². The van der Waals surface area contributed by atoms with Gasteiger partial charge >= 0.3 is 5.97 Å². The van der Waals surface area contributed by atoms with E-state index >= 15 is 0 Å². The number of sulfonamides is 1. The average Bonchev–Trinajstić information content (AvgIpc) is 2.47. The molecule has 1 fully saturated rings. The summed E-state index contributed by atoms with van der Waals surface area (Å²) in [5, 5.41) is 9.03. The van der Waals surface area contributed by atoms with Crippen LogP contribution in [0.5, 0.6) is 0 Å². The maximum atomic E-state index is 12.7. The summed E-state index contributed by atoms with van der Waals surface area (Å²) in [7, 11) is -2.14. The number of hydrogen-bond donors (Lipinski definition) is 1. The predicted molar refractivity (Wildman–Crippen MR) is 76.9 cm³/mol. The van der Waals surface area contributed by atoms with Gasteiger partial charge in [-0.1, -0.05) is 6.07 Å². The molecular weight excluding hydrogens is 294 g/mol. The number of nitrogens with zero attached hydrogens (tertiary/aromatic N) is 1. The van der Waals surface area contributed by atoms with E-state index in [0.29, 0.717) is 18.7 Å². The molecule has 1 heterocycles. The molecule has 0 aromatic heterocycles. The van der Waals surface area contributed by atoms with Crippen molar-refractivity contribution in [3.8, 4) is 0 Å². The summed E-state index contributed by atoms with van der Waals surface area (Å²) >= 11 is 0. The normalized spacial score (nSPS) is 20.4. The first-order chi connectivity index (χ1) is 9.86. The van der Waals surface area contributed by atoms with Gasteiger partial charge in [0.15, 0.2) is 0 Å². The van der Waals surface area contributed by atoms with E-state index in [1.165, 1.54) is 22.5 Å². The zero-order valence-corrected chi connectivity index (χ0v) is 12.9. The van der Waals surface area contributed by atoms with Crippen molar-refractivity contribution in [2.75, 3.05) is 20.2 Å². The lowest BCUT2D eigenvalue weighted by atomic mass is 10.1. The first-order valence-corrected chi connectivity index (χ1v) is 8.17. The van der Waals surface area contributed by atoms with Gasteiger partial charge < -0.3 is 9.84 Å². The zero-order valence-electron chi connectivity index (χ0n) is 12.1. The minimum Gasteiger partial charge on any atom is -0.478 e. The van der Waals surface area contributed by atoms with Crippen LogP contribution in [0.25, 0.3) is 0 Å². The van der Waals surface area contributed by atoms with Crippen molar-refractivity contribution in [3.63, 3.8) is 0 Å². The van der Waals surface area contributed by atoms with Crippen LogP contribution in [0.3, 0.4) is 0 Å². The van der Waals surface area contributed by atoms with Gasteiger partial charge in [-0.05, 0) is 37.5 Å². The fourth-order valence-corrected chi connectivity index (χ4v) is 4.23. The van der Waals surface area contributed by atoms with Crippen LogP contribution in [0.4, 0.5) is 0 Å². The van der Waals surface area contributed by atoms with E-state index in [9.17, 15) is 13.2 Å². The Balaban J connectivity index is 2.39. The Morgan fingerprint density at radius 1 is 1.43 bits per heavy atom. The highest BCUT2D eigenvalue weighted by Crippen LogP contribution is 2.25. The fraction of sp³-hybridized carbons (Fsp3) is 0.500. The van der Waals surface area contributed by atoms with Gasteiger partial charge in [0.05, 0.1) is 16.6 Å². The van der Waals surface area contributed by atoms with Crippen LogP contribution in [0.2, 0.25) is 0 Å². The summed E-state index contributed by atoms with van der Waals surface area (Å²) < 4.78 is 32.1. The Morgan fingerprint density at radius 2 is 2.14 bits per heavy atom. The number of carbonyl (C=O) groups is 1. The predicted octanol–water partition coefficient (Wildman–Crippen LogP) is 1.49. The molecule has 0 saturated carbocycles. The first-order valence-electron chi connectivity index (χ1n) is 6.73. The van der Waals surface area contributed by atoms with Gasteiger partial charge in [-0.3, -0.25) is 0 Å². The van der Waals surface area contributed by atoms with Crippen LogP contribution in [0.15, 0.2) is 23.1 Å². The third-order valence-corrected chi connectivity index (χ3v) is 5.73. The molecule has 1 aromatic rings. The molecule has 0 spiro atoms. The van der Waals surface area contributed by atoms with Crippen LogP contribution >= 0.6 is 0 Å². The van der Waals surface area contributed by atoms with Crippen molar-refractivity contribution < 1.29 is 23.1 Å². The van der Waals surface area contributed by atoms with Crippen molar-refractivity contribution in [1.29, 1.82) is 0 Å². The smallest absolute Gasteiger partial charge is 0.335 e. The highest BCUT2D eigenvalue weighted by Gasteiger charge is 2.31. The Bertz CT molecular complexity index is 641. The Labute approximate surface area is 124 Å². The summed E-state index contributed by atoms with van der Waals surface area (Å²) in [4.78, 5) is 11.1. The molecule has 116 valence electrons. The lowest BCUT2D eigenvalue weighted by Crippen LogP contribution is -2.43. The monoisotopic (exact) mass is 313 g/mol. The molecular formula is C14H19NO5S. The van der Waals surface area contributed by atoms with E-state index in [1.54, 1.807) is 14.0 Å². The lowest BCUT2D eigenvalue weighted by Gasteiger charge is -2.31. The number of piperidine rings is 1. The van der Waals surface area contributed by atoms with Crippen molar-refractivity contribution in [2.45, 2.75) is 30.8 Å². The molecule has 1 N–H and O–H groups in total. The Kier molecular flexibility index (Phi) is 4.65. The van der Waals surface area contributed by atoms with Gasteiger partial charge in [-0.25, -0.2) is 13.2 Å². The van der Waals surface area contributed by atoms with Gasteiger partial charge in [-0.2, -0.15) is 4.31 Å². The summed E-state index contributed by atoms with van der Waals surface area (Å²) in [6.07, 6.45) is 1.45. The number of benzene rings is 1. The van der Waals surface area contributed by atoms with Crippen LogP contribution in [0, 0.1) is 6.92 Å². The molecule has 7 heteroatoms. The molecule has 0 bridgehead atoms. The number of hydrogen-bond acceptors (Lipinski definition) is 4. The van der Waals surface area contributed by atoms with Crippen LogP contribution in [0.1, 0.15) is 28.8 Å². The minimum absolute atomic E-state index is 0.0283. The SMILES string of the molecule is COC1CCCN(S(=O)(=O)c2cc(C(=O)O)ccc2C)C1. The van der Waals surface area contributed by atoms with Crippen molar-refractivity contribution in [3.05, 3.63) is 29.3 Å². The van der Waals surface area contributed by atoms with Crippen molar-refractivity contribution >= 4 is 16.0 Å². The third-order valence-electron chi connectivity index (χ3n) is 3.73. The number of aryl methyl sites for hydroxylation is 1. The van der Waals surface area contributed by atoms with Crippen molar-refractivity contribution in [2.24, 2.45) is 0 Å². The molecule has 1 unspecified atom stereocenters. The molecule has 2 rings (SSSR count). The molecule has 0 amide bonds. The van der Waals surface area contributed by atoms with E-state index in [-0.39, 0.29) is 16.6 Å². The standard InChI is InChI=1S/C14H19NO5S/c1-10-5-6-11(14(16)17)8-13(10)21(18,19)15-7-3-4-12(9-15)20-2/h5-6,8,12H,3-4,7,9H2,1-2H3,(H,16,17). The van der Waals surface area contributed by atoms with Gasteiger partial charge in [0.1, 0.15) is 0 Å². The second-order valence-electron chi connectivity index (χ2n) is 5.15. The topological polar surface area (TPSA) is 83.9 Å². The molecule has 0 aliphatic carbocycles. The van der Waals surface area contributed by atoms with Crippen LogP contribution < -0.4 is 0 Å². The van der Waals surface area contributed by atoms with E-state index in [2.05, 4.69) is 0 Å². The number of carboxylic acid groups (broad SMARTS) is 1. The van der Waals surface area contributed by atoms with Crippen LogP contribution in [-0.4, -0.2) is 50.1 Å². The highest BCUT2D eigenvalue weighted by atomic mass is 32.2. The first kappa shape index (κ1) is 15.9. The largest absolute Gasteiger partial charge is 0.478 e. The van der Waals surface area contributed by atoms with E-state index in [1.807, 2.05) is 0 Å². The third kappa shape index (κ3) is 3.25. The van der Waals surface area contributed by atoms with Crippen LogP contribution in [-0.2, 0) is 14.8 Å². The quantitative estimate of drug-likeness (QED) is 0.910. The number of rotatable bonds is 4. The number of carboxylic acids is 1. The summed E-state index contributed by atoms with van der Waals surface area (Å²) in [6.45, 7) is 2.39. The van der Waals surface area contributed by atoms with E-state index in [0.717, 1.165) is 12.8 Å². The second-order valence-corrected chi connectivity index (χ2v) is 7.05. The Hall–Kier alpha value is -1.44. The molecule has 1 saturated heterocycles. The summed E-state index contributed by atoms with van der Waals surface area (Å²) in [5.74, 6) is -1.14. The van der Waals surface area contributed by atoms with Gasteiger partial charge in [0, 0.05) is 20.2 Å². The minimum atomic E-state index is -3.70. The molecule has 0 radical (unpaired) electrons.